The van der Waals surface area contributed by atoms with Crippen molar-refractivity contribution in [1.82, 2.24) is 25.3 Å². The van der Waals surface area contributed by atoms with E-state index in [9.17, 15) is 0 Å². The quantitative estimate of drug-likeness (QED) is 0.865. The lowest BCUT2D eigenvalue weighted by atomic mass is 10.1. The van der Waals surface area contributed by atoms with Gasteiger partial charge in [0.1, 0.15) is 0 Å². The maximum atomic E-state index is 4.42. The summed E-state index contributed by atoms with van der Waals surface area (Å²) in [6, 6.07) is -0.0493. The van der Waals surface area contributed by atoms with Gasteiger partial charge in [-0.05, 0) is 19.9 Å². The molecule has 0 radical (unpaired) electrons. The third kappa shape index (κ3) is 3.07. The van der Waals surface area contributed by atoms with Gasteiger partial charge in [-0.3, -0.25) is 19.9 Å². The van der Waals surface area contributed by atoms with Crippen LogP contribution in [0, 0.1) is 6.92 Å². The van der Waals surface area contributed by atoms with Crippen LogP contribution in [0.5, 0.6) is 0 Å². The number of rotatable bonds is 5. The van der Waals surface area contributed by atoms with Crippen molar-refractivity contribution in [3.8, 4) is 0 Å². The predicted molar refractivity (Wildman–Crippen MR) is 68.9 cm³/mol. The average molecular weight is 243 g/mol. The van der Waals surface area contributed by atoms with Crippen LogP contribution in [0.2, 0.25) is 0 Å². The predicted octanol–water partition coefficient (Wildman–Crippen LogP) is 1.66. The van der Waals surface area contributed by atoms with Gasteiger partial charge in [0.2, 0.25) is 0 Å². The van der Waals surface area contributed by atoms with E-state index in [-0.39, 0.29) is 6.04 Å². The first-order valence-corrected chi connectivity index (χ1v) is 6.09. The Balaban J connectivity index is 2.27. The van der Waals surface area contributed by atoms with Crippen LogP contribution in [0.3, 0.4) is 0 Å². The average Bonchev–Trinajstić information content (AvgIpc) is 2.42. The molecule has 0 saturated heterocycles. The van der Waals surface area contributed by atoms with E-state index in [1.165, 1.54) is 0 Å². The van der Waals surface area contributed by atoms with Gasteiger partial charge in [0.25, 0.3) is 0 Å². The lowest BCUT2D eigenvalue weighted by Crippen LogP contribution is -2.25. The molecule has 0 bridgehead atoms. The second kappa shape index (κ2) is 6.16. The first-order chi connectivity index (χ1) is 8.81. The summed E-state index contributed by atoms with van der Waals surface area (Å²) >= 11 is 0. The zero-order valence-corrected chi connectivity index (χ0v) is 10.7. The van der Waals surface area contributed by atoms with E-state index in [0.717, 1.165) is 30.0 Å². The van der Waals surface area contributed by atoms with E-state index in [2.05, 4.69) is 32.2 Å². The van der Waals surface area contributed by atoms with Crippen molar-refractivity contribution in [3.63, 3.8) is 0 Å². The molecular weight excluding hydrogens is 226 g/mol. The molecule has 5 heteroatoms. The SMILES string of the molecule is CCCNC(c1cnccn1)c1cnc(C)cn1. The summed E-state index contributed by atoms with van der Waals surface area (Å²) in [6.45, 7) is 4.95. The number of nitrogens with one attached hydrogen (secondary N) is 1. The highest BCUT2D eigenvalue weighted by atomic mass is 15.0. The van der Waals surface area contributed by atoms with Crippen LogP contribution in [-0.2, 0) is 0 Å². The van der Waals surface area contributed by atoms with Crippen molar-refractivity contribution in [2.45, 2.75) is 26.3 Å². The van der Waals surface area contributed by atoms with Crippen LogP contribution < -0.4 is 5.32 Å². The van der Waals surface area contributed by atoms with E-state index in [0.29, 0.717) is 0 Å². The van der Waals surface area contributed by atoms with Gasteiger partial charge in [0, 0.05) is 18.6 Å². The Morgan fingerprint density at radius 1 is 1.06 bits per heavy atom. The lowest BCUT2D eigenvalue weighted by Gasteiger charge is -2.16. The molecule has 0 amide bonds. The van der Waals surface area contributed by atoms with Gasteiger partial charge in [-0.1, -0.05) is 6.92 Å². The molecule has 94 valence electrons. The fraction of sp³-hybridized carbons (Fsp3) is 0.385. The fourth-order valence-electron chi connectivity index (χ4n) is 1.66. The summed E-state index contributed by atoms with van der Waals surface area (Å²) in [7, 11) is 0. The zero-order valence-electron chi connectivity index (χ0n) is 10.7. The van der Waals surface area contributed by atoms with E-state index in [1.807, 2.05) is 6.92 Å². The highest BCUT2D eigenvalue weighted by Crippen LogP contribution is 2.16. The molecular formula is C13H17N5. The second-order valence-electron chi connectivity index (χ2n) is 4.10. The van der Waals surface area contributed by atoms with Gasteiger partial charge in [-0.2, -0.15) is 0 Å². The van der Waals surface area contributed by atoms with Crippen molar-refractivity contribution < 1.29 is 0 Å². The molecule has 0 saturated carbocycles. The Morgan fingerprint density at radius 2 is 1.89 bits per heavy atom. The smallest absolute Gasteiger partial charge is 0.0956 e. The summed E-state index contributed by atoms with van der Waals surface area (Å²) in [5, 5.41) is 3.42. The minimum Gasteiger partial charge on any atom is -0.304 e. The van der Waals surface area contributed by atoms with E-state index in [4.69, 9.17) is 0 Å². The van der Waals surface area contributed by atoms with Crippen molar-refractivity contribution >= 4 is 0 Å². The summed E-state index contributed by atoms with van der Waals surface area (Å²) in [4.78, 5) is 17.1. The molecule has 1 atom stereocenters. The number of hydrogen-bond donors (Lipinski definition) is 1. The molecule has 2 aromatic heterocycles. The Labute approximate surface area is 107 Å². The van der Waals surface area contributed by atoms with E-state index in [1.54, 1.807) is 31.0 Å². The molecule has 0 aliphatic carbocycles. The Morgan fingerprint density at radius 3 is 2.50 bits per heavy atom. The molecule has 0 aromatic carbocycles. The number of hydrogen-bond acceptors (Lipinski definition) is 5. The lowest BCUT2D eigenvalue weighted by molar-refractivity contribution is 0.570. The maximum Gasteiger partial charge on any atom is 0.0956 e. The number of nitrogens with zero attached hydrogens (tertiary/aromatic N) is 4. The molecule has 2 heterocycles. The fourth-order valence-corrected chi connectivity index (χ4v) is 1.66. The Bertz CT molecular complexity index is 469. The topological polar surface area (TPSA) is 63.6 Å². The van der Waals surface area contributed by atoms with E-state index >= 15 is 0 Å². The van der Waals surface area contributed by atoms with Gasteiger partial charge in [-0.25, -0.2) is 0 Å². The first kappa shape index (κ1) is 12.6. The standard InChI is InChI=1S/C13H17N5/c1-3-4-16-13(11-8-14-5-6-15-11)12-9-17-10(2)7-18-12/h5-9,13,16H,3-4H2,1-2H3. The van der Waals surface area contributed by atoms with Gasteiger partial charge in [0.05, 0.1) is 35.5 Å². The Hall–Kier alpha value is -1.88. The summed E-state index contributed by atoms with van der Waals surface area (Å²) < 4.78 is 0. The summed E-state index contributed by atoms with van der Waals surface area (Å²) in [5.74, 6) is 0. The van der Waals surface area contributed by atoms with Crippen LogP contribution in [0.25, 0.3) is 0 Å². The minimum absolute atomic E-state index is 0.0493. The molecule has 5 nitrogen and oxygen atoms in total. The molecule has 0 fully saturated rings. The monoisotopic (exact) mass is 243 g/mol. The van der Waals surface area contributed by atoms with Crippen molar-refractivity contribution in [2.75, 3.05) is 6.54 Å². The summed E-state index contributed by atoms with van der Waals surface area (Å²) in [6.07, 6.45) is 9.73. The van der Waals surface area contributed by atoms with Gasteiger partial charge >= 0.3 is 0 Å². The molecule has 0 aliphatic heterocycles. The third-order valence-corrected chi connectivity index (χ3v) is 2.57. The highest BCUT2D eigenvalue weighted by Gasteiger charge is 2.16. The second-order valence-corrected chi connectivity index (χ2v) is 4.10. The van der Waals surface area contributed by atoms with Gasteiger partial charge in [0.15, 0.2) is 0 Å². The summed E-state index contributed by atoms with van der Waals surface area (Å²) in [5.41, 5.74) is 2.64. The van der Waals surface area contributed by atoms with Crippen LogP contribution >= 0.6 is 0 Å². The van der Waals surface area contributed by atoms with Crippen molar-refractivity contribution in [1.29, 1.82) is 0 Å². The zero-order chi connectivity index (χ0) is 12.8. The molecule has 1 N–H and O–H groups in total. The first-order valence-electron chi connectivity index (χ1n) is 6.09. The van der Waals surface area contributed by atoms with Gasteiger partial charge < -0.3 is 5.32 Å². The largest absolute Gasteiger partial charge is 0.304 e. The van der Waals surface area contributed by atoms with Crippen molar-refractivity contribution in [2.24, 2.45) is 0 Å². The Kier molecular flexibility index (Phi) is 4.30. The molecule has 0 aliphatic rings. The molecule has 1 unspecified atom stereocenters. The van der Waals surface area contributed by atoms with Crippen LogP contribution in [0.4, 0.5) is 0 Å². The molecule has 18 heavy (non-hydrogen) atoms. The molecule has 0 spiro atoms. The molecule has 2 rings (SSSR count). The maximum absolute atomic E-state index is 4.42. The minimum atomic E-state index is -0.0493. The third-order valence-electron chi connectivity index (χ3n) is 2.57. The van der Waals surface area contributed by atoms with Gasteiger partial charge in [-0.15, -0.1) is 0 Å². The van der Waals surface area contributed by atoms with Crippen LogP contribution in [0.1, 0.15) is 36.5 Å². The normalized spacial score (nSPS) is 12.3. The molecule has 2 aromatic rings. The van der Waals surface area contributed by atoms with Crippen LogP contribution in [0.15, 0.2) is 31.0 Å². The van der Waals surface area contributed by atoms with Crippen LogP contribution in [-0.4, -0.2) is 26.5 Å². The number of aryl methyl sites for hydroxylation is 1. The highest BCUT2D eigenvalue weighted by molar-refractivity contribution is 5.18. The van der Waals surface area contributed by atoms with E-state index < -0.39 is 0 Å². The number of aromatic nitrogens is 4. The van der Waals surface area contributed by atoms with Crippen molar-refractivity contribution in [3.05, 3.63) is 48.1 Å².